The van der Waals surface area contributed by atoms with Crippen LogP contribution in [-0.2, 0) is 6.18 Å². The molecular formula is C14H8Cl2F3NO. The van der Waals surface area contributed by atoms with Crippen molar-refractivity contribution in [2.24, 2.45) is 5.16 Å². The van der Waals surface area contributed by atoms with Crippen molar-refractivity contribution in [1.82, 2.24) is 0 Å². The fourth-order valence-electron chi connectivity index (χ4n) is 1.50. The molecule has 0 fully saturated rings. The number of halogens is 5. The van der Waals surface area contributed by atoms with E-state index in [1.165, 1.54) is 18.3 Å². The van der Waals surface area contributed by atoms with Crippen LogP contribution in [0.25, 0.3) is 0 Å². The molecule has 0 radical (unpaired) electrons. The van der Waals surface area contributed by atoms with Crippen molar-refractivity contribution >= 4 is 29.4 Å². The van der Waals surface area contributed by atoms with E-state index < -0.39 is 11.7 Å². The Morgan fingerprint density at radius 3 is 2.24 bits per heavy atom. The molecule has 2 rings (SSSR count). The Morgan fingerprint density at radius 2 is 1.62 bits per heavy atom. The van der Waals surface area contributed by atoms with E-state index in [4.69, 9.17) is 28.0 Å². The summed E-state index contributed by atoms with van der Waals surface area (Å²) in [4.78, 5) is 4.91. The van der Waals surface area contributed by atoms with Crippen molar-refractivity contribution in [3.63, 3.8) is 0 Å². The molecule has 0 aliphatic carbocycles. The molecule has 0 unspecified atom stereocenters. The van der Waals surface area contributed by atoms with Crippen LogP contribution in [0.4, 0.5) is 13.2 Å². The molecule has 0 heterocycles. The molecule has 7 heteroatoms. The van der Waals surface area contributed by atoms with E-state index in [2.05, 4.69) is 5.16 Å². The second-order valence-electron chi connectivity index (χ2n) is 3.99. The van der Waals surface area contributed by atoms with E-state index in [1.54, 1.807) is 18.2 Å². The fraction of sp³-hybridized carbons (Fsp3) is 0.0714. The van der Waals surface area contributed by atoms with Gasteiger partial charge in [-0.1, -0.05) is 40.5 Å². The van der Waals surface area contributed by atoms with Crippen LogP contribution in [0.5, 0.6) is 5.75 Å². The van der Waals surface area contributed by atoms with Gasteiger partial charge in [-0.25, -0.2) is 0 Å². The van der Waals surface area contributed by atoms with Crippen molar-refractivity contribution in [2.75, 3.05) is 0 Å². The standard InChI is InChI=1S/C14H8Cl2F3NO/c15-12-5-2-6-13(16)11(12)8-20-21-10-4-1-3-9(7-10)14(17,18)19/h1-8H/b20-8+. The van der Waals surface area contributed by atoms with Gasteiger partial charge in [-0.3, -0.25) is 0 Å². The van der Waals surface area contributed by atoms with Gasteiger partial charge >= 0.3 is 6.18 Å². The average Bonchev–Trinajstić information content (AvgIpc) is 2.41. The molecule has 0 spiro atoms. The first-order valence-electron chi connectivity index (χ1n) is 5.69. The number of rotatable bonds is 3. The predicted molar refractivity (Wildman–Crippen MR) is 76.1 cm³/mol. The zero-order chi connectivity index (χ0) is 15.5. The van der Waals surface area contributed by atoms with E-state index in [0.29, 0.717) is 15.6 Å². The Bertz CT molecular complexity index is 651. The number of benzene rings is 2. The average molecular weight is 334 g/mol. The summed E-state index contributed by atoms with van der Waals surface area (Å²) in [5.41, 5.74) is -0.390. The summed E-state index contributed by atoms with van der Waals surface area (Å²) in [6.07, 6.45) is -3.19. The second-order valence-corrected chi connectivity index (χ2v) is 4.80. The van der Waals surface area contributed by atoms with Gasteiger partial charge in [-0.05, 0) is 30.3 Å². The lowest BCUT2D eigenvalue weighted by molar-refractivity contribution is -0.137. The summed E-state index contributed by atoms with van der Waals surface area (Å²) in [6, 6.07) is 9.28. The number of alkyl halides is 3. The minimum absolute atomic E-state index is 0.0377. The van der Waals surface area contributed by atoms with Gasteiger partial charge < -0.3 is 4.84 Å². The van der Waals surface area contributed by atoms with Gasteiger partial charge in [0.05, 0.1) is 21.8 Å². The molecular weight excluding hydrogens is 326 g/mol. The van der Waals surface area contributed by atoms with Crippen molar-refractivity contribution in [3.05, 3.63) is 63.6 Å². The van der Waals surface area contributed by atoms with Crippen molar-refractivity contribution < 1.29 is 18.0 Å². The third-order valence-electron chi connectivity index (χ3n) is 2.50. The molecule has 21 heavy (non-hydrogen) atoms. The molecule has 0 saturated heterocycles. The number of hydrogen-bond donors (Lipinski definition) is 0. The molecule has 0 aliphatic heterocycles. The highest BCUT2D eigenvalue weighted by atomic mass is 35.5. The van der Waals surface area contributed by atoms with Gasteiger partial charge in [-0.2, -0.15) is 13.2 Å². The molecule has 0 bridgehead atoms. The van der Waals surface area contributed by atoms with Gasteiger partial charge in [0.15, 0.2) is 5.75 Å². The second kappa shape index (κ2) is 6.37. The third kappa shape index (κ3) is 4.12. The quantitative estimate of drug-likeness (QED) is 0.542. The molecule has 0 aliphatic rings. The lowest BCUT2D eigenvalue weighted by Crippen LogP contribution is -2.04. The highest BCUT2D eigenvalue weighted by Crippen LogP contribution is 2.31. The highest BCUT2D eigenvalue weighted by molar-refractivity contribution is 6.38. The number of oxime groups is 1. The summed E-state index contributed by atoms with van der Waals surface area (Å²) in [7, 11) is 0. The van der Waals surface area contributed by atoms with Crippen molar-refractivity contribution in [3.8, 4) is 5.75 Å². The SMILES string of the molecule is FC(F)(F)c1cccc(O/N=C/c2c(Cl)cccc2Cl)c1. The van der Waals surface area contributed by atoms with Gasteiger partial charge in [0, 0.05) is 5.56 Å². The van der Waals surface area contributed by atoms with Crippen LogP contribution in [0, 0.1) is 0 Å². The maximum atomic E-state index is 12.5. The third-order valence-corrected chi connectivity index (χ3v) is 3.16. The molecule has 2 aromatic rings. The Balaban J connectivity index is 2.15. The van der Waals surface area contributed by atoms with Crippen LogP contribution in [0.2, 0.25) is 10.0 Å². The minimum atomic E-state index is -4.44. The Kier molecular flexibility index (Phi) is 4.75. The molecule has 0 N–H and O–H groups in total. The summed E-state index contributed by atoms with van der Waals surface area (Å²) < 4.78 is 37.6. The summed E-state index contributed by atoms with van der Waals surface area (Å²) in [6.45, 7) is 0. The Hall–Kier alpha value is -1.72. The summed E-state index contributed by atoms with van der Waals surface area (Å²) >= 11 is 11.8. The fourth-order valence-corrected chi connectivity index (χ4v) is 2.00. The Labute approximate surface area is 128 Å². The van der Waals surface area contributed by atoms with Crippen LogP contribution in [0.1, 0.15) is 11.1 Å². The predicted octanol–water partition coefficient (Wildman–Crippen LogP) is 5.43. The summed E-state index contributed by atoms with van der Waals surface area (Å²) in [5, 5.41) is 4.32. The van der Waals surface area contributed by atoms with E-state index in [-0.39, 0.29) is 5.75 Å². The number of nitrogens with zero attached hydrogens (tertiary/aromatic N) is 1. The maximum Gasteiger partial charge on any atom is 0.416 e. The largest absolute Gasteiger partial charge is 0.416 e. The van der Waals surface area contributed by atoms with E-state index in [0.717, 1.165) is 12.1 Å². The van der Waals surface area contributed by atoms with E-state index in [1.807, 2.05) is 0 Å². The number of hydrogen-bond acceptors (Lipinski definition) is 2. The van der Waals surface area contributed by atoms with Crippen LogP contribution in [-0.4, -0.2) is 6.21 Å². The zero-order valence-corrected chi connectivity index (χ0v) is 11.9. The van der Waals surface area contributed by atoms with Gasteiger partial charge in [0.25, 0.3) is 0 Å². The molecule has 2 aromatic carbocycles. The smallest absolute Gasteiger partial charge is 0.357 e. The van der Waals surface area contributed by atoms with Crippen molar-refractivity contribution in [2.45, 2.75) is 6.18 Å². The van der Waals surface area contributed by atoms with Gasteiger partial charge in [-0.15, -0.1) is 0 Å². The van der Waals surface area contributed by atoms with Crippen LogP contribution < -0.4 is 4.84 Å². The van der Waals surface area contributed by atoms with Gasteiger partial charge in [0.1, 0.15) is 0 Å². The monoisotopic (exact) mass is 333 g/mol. The lowest BCUT2D eigenvalue weighted by Gasteiger charge is -2.07. The maximum absolute atomic E-state index is 12.5. The first-order valence-corrected chi connectivity index (χ1v) is 6.45. The van der Waals surface area contributed by atoms with E-state index in [9.17, 15) is 13.2 Å². The van der Waals surface area contributed by atoms with Crippen LogP contribution >= 0.6 is 23.2 Å². The molecule has 110 valence electrons. The molecule has 0 amide bonds. The minimum Gasteiger partial charge on any atom is -0.357 e. The molecule has 0 saturated carbocycles. The van der Waals surface area contributed by atoms with Gasteiger partial charge in [0.2, 0.25) is 0 Å². The highest BCUT2D eigenvalue weighted by Gasteiger charge is 2.30. The Morgan fingerprint density at radius 1 is 1.00 bits per heavy atom. The normalized spacial score (nSPS) is 11.9. The summed E-state index contributed by atoms with van der Waals surface area (Å²) in [5.74, 6) is -0.0377. The zero-order valence-electron chi connectivity index (χ0n) is 10.4. The lowest BCUT2D eigenvalue weighted by atomic mass is 10.2. The molecule has 2 nitrogen and oxygen atoms in total. The van der Waals surface area contributed by atoms with Crippen molar-refractivity contribution in [1.29, 1.82) is 0 Å². The molecule has 0 atom stereocenters. The van der Waals surface area contributed by atoms with E-state index >= 15 is 0 Å². The first kappa shape index (κ1) is 15.7. The molecule has 0 aromatic heterocycles. The first-order chi connectivity index (χ1) is 9.88. The topological polar surface area (TPSA) is 21.6 Å². The van der Waals surface area contributed by atoms with Crippen LogP contribution in [0.15, 0.2) is 47.6 Å². The van der Waals surface area contributed by atoms with Crippen LogP contribution in [0.3, 0.4) is 0 Å².